The lowest BCUT2D eigenvalue weighted by Gasteiger charge is -2.11. The molecule has 3 N–H and O–H groups in total. The molecule has 4 nitrogen and oxygen atoms in total. The molecule has 21 heavy (non-hydrogen) atoms. The van der Waals surface area contributed by atoms with E-state index in [4.69, 9.17) is 10.5 Å². The van der Waals surface area contributed by atoms with Crippen LogP contribution in [0.25, 0.3) is 0 Å². The van der Waals surface area contributed by atoms with Gasteiger partial charge in [0.1, 0.15) is 12.4 Å². The van der Waals surface area contributed by atoms with Crippen molar-refractivity contribution in [1.82, 2.24) is 5.32 Å². The van der Waals surface area contributed by atoms with Crippen LogP contribution in [0, 0.1) is 13.8 Å². The predicted molar refractivity (Wildman–Crippen MR) is 83.8 cm³/mol. The van der Waals surface area contributed by atoms with Crippen molar-refractivity contribution < 1.29 is 9.53 Å². The number of hydrogen-bond donors (Lipinski definition) is 2. The van der Waals surface area contributed by atoms with Gasteiger partial charge in [-0.2, -0.15) is 0 Å². The zero-order chi connectivity index (χ0) is 15.0. The van der Waals surface area contributed by atoms with Crippen LogP contribution in [0.5, 0.6) is 5.75 Å². The third kappa shape index (κ3) is 2.66. The van der Waals surface area contributed by atoms with Crippen LogP contribution in [-0.4, -0.2) is 12.5 Å². The molecular formula is C16H18N2O2S. The van der Waals surface area contributed by atoms with Crippen LogP contribution in [-0.2, 0) is 6.54 Å². The molecule has 0 bridgehead atoms. The highest BCUT2D eigenvalue weighted by atomic mass is 32.1. The van der Waals surface area contributed by atoms with Gasteiger partial charge in [-0.1, -0.05) is 12.1 Å². The molecule has 0 saturated heterocycles. The first-order valence-corrected chi connectivity index (χ1v) is 7.77. The van der Waals surface area contributed by atoms with Gasteiger partial charge >= 0.3 is 0 Å². The standard InChI is InChI=1S/C16H18N2O2S/c1-9-3-4-13-14(7-20-15(13)10(9)2)18-6-12-5-11(8-21-12)16(17)19/h3-5,8,14,18H,6-7H2,1-2H3,(H2,17,19)/t14-/m0/s1. The second-order valence-electron chi connectivity index (χ2n) is 5.34. The Hall–Kier alpha value is -1.85. The Labute approximate surface area is 127 Å². The SMILES string of the molecule is Cc1ccc2c(c1C)OC[C@@H]2NCc1cc(C(N)=O)cs1. The molecule has 1 aliphatic rings. The van der Waals surface area contributed by atoms with Gasteiger partial charge in [0.25, 0.3) is 0 Å². The first kappa shape index (κ1) is 14.1. The fourth-order valence-corrected chi connectivity index (χ4v) is 3.35. The molecule has 1 aromatic carbocycles. The summed E-state index contributed by atoms with van der Waals surface area (Å²) in [4.78, 5) is 12.2. The van der Waals surface area contributed by atoms with Gasteiger partial charge in [-0.15, -0.1) is 11.3 Å². The van der Waals surface area contributed by atoms with Crippen LogP contribution in [0.15, 0.2) is 23.6 Å². The summed E-state index contributed by atoms with van der Waals surface area (Å²) < 4.78 is 5.82. The van der Waals surface area contributed by atoms with E-state index in [9.17, 15) is 4.79 Å². The molecule has 0 unspecified atom stereocenters. The number of rotatable bonds is 4. The Kier molecular flexibility index (Phi) is 3.69. The highest BCUT2D eigenvalue weighted by Gasteiger charge is 2.25. The first-order valence-electron chi connectivity index (χ1n) is 6.89. The molecule has 110 valence electrons. The van der Waals surface area contributed by atoms with Gasteiger partial charge in [-0.05, 0) is 31.0 Å². The third-order valence-electron chi connectivity index (χ3n) is 3.94. The second-order valence-corrected chi connectivity index (χ2v) is 6.33. The summed E-state index contributed by atoms with van der Waals surface area (Å²) in [5.74, 6) is 0.634. The maximum absolute atomic E-state index is 11.1. The Morgan fingerprint density at radius 3 is 3.00 bits per heavy atom. The van der Waals surface area contributed by atoms with Gasteiger partial charge in [0.2, 0.25) is 5.91 Å². The van der Waals surface area contributed by atoms with E-state index in [-0.39, 0.29) is 11.9 Å². The molecule has 0 aliphatic carbocycles. The van der Waals surface area contributed by atoms with Gasteiger partial charge in [0.15, 0.2) is 0 Å². The molecule has 0 saturated carbocycles. The lowest BCUT2D eigenvalue weighted by Crippen LogP contribution is -2.21. The maximum atomic E-state index is 11.1. The fraction of sp³-hybridized carbons (Fsp3) is 0.312. The smallest absolute Gasteiger partial charge is 0.249 e. The Balaban J connectivity index is 1.71. The maximum Gasteiger partial charge on any atom is 0.249 e. The van der Waals surface area contributed by atoms with Crippen molar-refractivity contribution >= 4 is 17.2 Å². The minimum atomic E-state index is -0.377. The largest absolute Gasteiger partial charge is 0.491 e. The van der Waals surface area contributed by atoms with Crippen LogP contribution in [0.2, 0.25) is 0 Å². The van der Waals surface area contributed by atoms with Crippen molar-refractivity contribution in [2.45, 2.75) is 26.4 Å². The van der Waals surface area contributed by atoms with Crippen LogP contribution < -0.4 is 15.8 Å². The van der Waals surface area contributed by atoms with E-state index in [1.165, 1.54) is 16.7 Å². The Morgan fingerprint density at radius 2 is 2.29 bits per heavy atom. The number of nitrogens with two attached hydrogens (primary N) is 1. The van der Waals surface area contributed by atoms with Crippen molar-refractivity contribution in [3.63, 3.8) is 0 Å². The van der Waals surface area contributed by atoms with Crippen LogP contribution in [0.4, 0.5) is 0 Å². The monoisotopic (exact) mass is 302 g/mol. The van der Waals surface area contributed by atoms with E-state index in [1.807, 2.05) is 6.07 Å². The normalized spacial score (nSPS) is 16.6. The summed E-state index contributed by atoms with van der Waals surface area (Å²) in [5, 5.41) is 5.28. The minimum absolute atomic E-state index is 0.193. The number of fused-ring (bicyclic) bond motifs is 1. The van der Waals surface area contributed by atoms with Crippen molar-refractivity contribution in [2.24, 2.45) is 5.73 Å². The topological polar surface area (TPSA) is 64.3 Å². The molecule has 1 amide bonds. The Bertz CT molecular complexity index is 694. The van der Waals surface area contributed by atoms with Crippen molar-refractivity contribution in [1.29, 1.82) is 0 Å². The summed E-state index contributed by atoms with van der Waals surface area (Å²) in [7, 11) is 0. The summed E-state index contributed by atoms with van der Waals surface area (Å²) >= 11 is 1.54. The molecule has 1 aliphatic heterocycles. The van der Waals surface area contributed by atoms with Gasteiger partial charge in [-0.25, -0.2) is 0 Å². The predicted octanol–water partition coefficient (Wildman–Crippen LogP) is 2.69. The highest BCUT2D eigenvalue weighted by molar-refractivity contribution is 7.10. The number of thiophene rings is 1. The molecule has 2 heterocycles. The average Bonchev–Trinajstić information content (AvgIpc) is 3.07. The molecular weight excluding hydrogens is 284 g/mol. The van der Waals surface area contributed by atoms with Gasteiger partial charge in [0.05, 0.1) is 11.6 Å². The van der Waals surface area contributed by atoms with Gasteiger partial charge in [-0.3, -0.25) is 4.79 Å². The number of benzene rings is 1. The second kappa shape index (κ2) is 5.50. The minimum Gasteiger partial charge on any atom is -0.491 e. The number of carbonyl (C=O) groups excluding carboxylic acids is 1. The summed E-state index contributed by atoms with van der Waals surface area (Å²) in [6.45, 7) is 5.54. The Morgan fingerprint density at radius 1 is 1.48 bits per heavy atom. The lowest BCUT2D eigenvalue weighted by atomic mass is 10.0. The van der Waals surface area contributed by atoms with E-state index >= 15 is 0 Å². The number of carbonyl (C=O) groups is 1. The highest BCUT2D eigenvalue weighted by Crippen LogP contribution is 2.36. The lowest BCUT2D eigenvalue weighted by molar-refractivity contribution is 0.100. The molecule has 1 atom stereocenters. The van der Waals surface area contributed by atoms with E-state index in [0.29, 0.717) is 18.7 Å². The summed E-state index contributed by atoms with van der Waals surface area (Å²) in [6.07, 6.45) is 0. The summed E-state index contributed by atoms with van der Waals surface area (Å²) in [6, 6.07) is 6.30. The van der Waals surface area contributed by atoms with E-state index in [0.717, 1.165) is 10.6 Å². The number of primary amides is 1. The van der Waals surface area contributed by atoms with Crippen LogP contribution >= 0.6 is 11.3 Å². The fourth-order valence-electron chi connectivity index (χ4n) is 2.53. The number of ether oxygens (including phenoxy) is 1. The third-order valence-corrected chi connectivity index (χ3v) is 4.87. The molecule has 1 aromatic heterocycles. The van der Waals surface area contributed by atoms with Crippen LogP contribution in [0.3, 0.4) is 0 Å². The van der Waals surface area contributed by atoms with Crippen molar-refractivity contribution in [2.75, 3.05) is 6.61 Å². The molecule has 0 fully saturated rings. The van der Waals surface area contributed by atoms with Gasteiger partial charge in [0, 0.05) is 22.4 Å². The number of amides is 1. The molecule has 5 heteroatoms. The van der Waals surface area contributed by atoms with E-state index in [2.05, 4.69) is 31.3 Å². The average molecular weight is 302 g/mol. The van der Waals surface area contributed by atoms with Gasteiger partial charge < -0.3 is 15.8 Å². The molecule has 0 radical (unpaired) electrons. The first-order chi connectivity index (χ1) is 10.1. The number of aryl methyl sites for hydroxylation is 1. The molecule has 0 spiro atoms. The quantitative estimate of drug-likeness (QED) is 0.912. The van der Waals surface area contributed by atoms with Crippen molar-refractivity contribution in [3.8, 4) is 5.75 Å². The zero-order valence-electron chi connectivity index (χ0n) is 12.1. The molecule has 3 rings (SSSR count). The van der Waals surface area contributed by atoms with Crippen molar-refractivity contribution in [3.05, 3.63) is 50.7 Å². The molecule has 2 aromatic rings. The zero-order valence-corrected chi connectivity index (χ0v) is 12.9. The van der Waals surface area contributed by atoms with E-state index in [1.54, 1.807) is 16.7 Å². The van der Waals surface area contributed by atoms with Crippen LogP contribution in [0.1, 0.15) is 38.0 Å². The summed E-state index contributed by atoms with van der Waals surface area (Å²) in [5.41, 5.74) is 9.52. The van der Waals surface area contributed by atoms with E-state index < -0.39 is 0 Å². The number of hydrogen-bond acceptors (Lipinski definition) is 4. The number of nitrogens with one attached hydrogen (secondary N) is 1.